The van der Waals surface area contributed by atoms with E-state index in [9.17, 15) is 14.4 Å². The third kappa shape index (κ3) is 3.29. The number of thioether (sulfide) groups is 1. The number of hydrogen-bond acceptors (Lipinski definition) is 4. The summed E-state index contributed by atoms with van der Waals surface area (Å²) >= 11 is 0.834. The number of carbonyl (C=O) groups is 3. The maximum atomic E-state index is 11.9. The van der Waals surface area contributed by atoms with Gasteiger partial charge in [-0.1, -0.05) is 30.3 Å². The zero-order valence-electron chi connectivity index (χ0n) is 10.4. The molecule has 3 nitrogen and oxygen atoms in total. The van der Waals surface area contributed by atoms with Crippen molar-refractivity contribution in [3.8, 4) is 0 Å². The molecule has 0 spiro atoms. The molecular formula is C15H12O3S. The Balaban J connectivity index is 2.37. The quantitative estimate of drug-likeness (QED) is 0.793. The molecule has 1 aliphatic rings. The normalized spacial score (nSPS) is 15.0. The SMILES string of the molecule is CC(=O)SC1=C(Cc2ccccc2)C(=O)C=CC1=O. The van der Waals surface area contributed by atoms with Gasteiger partial charge in [-0.3, -0.25) is 14.4 Å². The molecule has 96 valence electrons. The summed E-state index contributed by atoms with van der Waals surface area (Å²) in [6.07, 6.45) is 2.86. The Labute approximate surface area is 115 Å². The Bertz CT molecular complexity index is 597. The van der Waals surface area contributed by atoms with Gasteiger partial charge in [0.15, 0.2) is 16.7 Å². The highest BCUT2D eigenvalue weighted by Gasteiger charge is 2.24. The first kappa shape index (κ1) is 13.5. The molecule has 1 aromatic rings. The van der Waals surface area contributed by atoms with Crippen molar-refractivity contribution >= 4 is 28.4 Å². The molecule has 0 radical (unpaired) electrons. The van der Waals surface area contributed by atoms with Gasteiger partial charge in [0.05, 0.1) is 4.91 Å². The zero-order valence-corrected chi connectivity index (χ0v) is 11.2. The number of benzene rings is 1. The average Bonchev–Trinajstić information content (AvgIpc) is 2.39. The second-order valence-electron chi connectivity index (χ2n) is 4.13. The highest BCUT2D eigenvalue weighted by Crippen LogP contribution is 2.28. The van der Waals surface area contributed by atoms with Gasteiger partial charge in [0.2, 0.25) is 0 Å². The first-order valence-corrected chi connectivity index (χ1v) is 6.62. The van der Waals surface area contributed by atoms with Crippen molar-refractivity contribution < 1.29 is 14.4 Å². The van der Waals surface area contributed by atoms with Crippen LogP contribution in [0.15, 0.2) is 53.0 Å². The van der Waals surface area contributed by atoms with Gasteiger partial charge in [-0.25, -0.2) is 0 Å². The summed E-state index contributed by atoms with van der Waals surface area (Å²) in [5, 5.41) is -0.197. The molecule has 0 N–H and O–H groups in total. The predicted octanol–water partition coefficient (Wildman–Crippen LogP) is 2.47. The number of carbonyl (C=O) groups excluding carboxylic acids is 3. The molecule has 2 rings (SSSR count). The largest absolute Gasteiger partial charge is 0.290 e. The maximum absolute atomic E-state index is 11.9. The molecule has 4 heteroatoms. The smallest absolute Gasteiger partial charge is 0.193 e. The summed E-state index contributed by atoms with van der Waals surface area (Å²) < 4.78 is 0. The van der Waals surface area contributed by atoms with E-state index in [4.69, 9.17) is 0 Å². The van der Waals surface area contributed by atoms with Crippen molar-refractivity contribution in [2.45, 2.75) is 13.3 Å². The Kier molecular flexibility index (Phi) is 4.12. The fraction of sp³-hybridized carbons (Fsp3) is 0.133. The Morgan fingerprint density at radius 1 is 1.05 bits per heavy atom. The van der Waals surface area contributed by atoms with Crippen molar-refractivity contribution in [2.75, 3.05) is 0 Å². The summed E-state index contributed by atoms with van der Waals surface area (Å²) in [6, 6.07) is 9.41. The molecule has 0 bridgehead atoms. The fourth-order valence-corrected chi connectivity index (χ4v) is 2.56. The van der Waals surface area contributed by atoms with Crippen LogP contribution in [0.25, 0.3) is 0 Å². The highest BCUT2D eigenvalue weighted by atomic mass is 32.2. The zero-order chi connectivity index (χ0) is 13.8. The van der Waals surface area contributed by atoms with Gasteiger partial charge in [0.1, 0.15) is 0 Å². The van der Waals surface area contributed by atoms with Crippen LogP contribution in [0.3, 0.4) is 0 Å². The first-order chi connectivity index (χ1) is 9.08. The van der Waals surface area contributed by atoms with E-state index in [1.165, 1.54) is 19.1 Å². The third-order valence-corrected chi connectivity index (χ3v) is 3.59. The van der Waals surface area contributed by atoms with Gasteiger partial charge in [-0.2, -0.15) is 0 Å². The summed E-state index contributed by atoms with van der Waals surface area (Å²) in [4.78, 5) is 35.2. The number of ketones is 2. The van der Waals surface area contributed by atoms with Crippen LogP contribution in [0.2, 0.25) is 0 Å². The molecule has 0 amide bonds. The van der Waals surface area contributed by atoms with E-state index in [0.717, 1.165) is 17.3 Å². The van der Waals surface area contributed by atoms with Crippen LogP contribution in [0.5, 0.6) is 0 Å². The molecule has 0 fully saturated rings. The van der Waals surface area contributed by atoms with Crippen molar-refractivity contribution in [1.29, 1.82) is 0 Å². The lowest BCUT2D eigenvalue weighted by molar-refractivity contribution is -0.114. The van der Waals surface area contributed by atoms with Gasteiger partial charge in [-0.05, 0) is 29.5 Å². The number of allylic oxidation sites excluding steroid dienone is 4. The first-order valence-electron chi connectivity index (χ1n) is 5.80. The van der Waals surface area contributed by atoms with Crippen LogP contribution in [0, 0.1) is 0 Å². The van der Waals surface area contributed by atoms with Gasteiger partial charge >= 0.3 is 0 Å². The Morgan fingerprint density at radius 2 is 1.68 bits per heavy atom. The molecule has 0 atom stereocenters. The van der Waals surface area contributed by atoms with E-state index >= 15 is 0 Å². The van der Waals surface area contributed by atoms with Gasteiger partial charge in [-0.15, -0.1) is 0 Å². The molecule has 1 aromatic carbocycles. The lowest BCUT2D eigenvalue weighted by Gasteiger charge is -2.13. The fourth-order valence-electron chi connectivity index (χ4n) is 1.81. The standard InChI is InChI=1S/C15H12O3S/c1-10(16)19-15-12(13(17)7-8-14(15)18)9-11-5-3-2-4-6-11/h2-8H,9H2,1H3. The van der Waals surface area contributed by atoms with Crippen LogP contribution in [0.1, 0.15) is 12.5 Å². The van der Waals surface area contributed by atoms with Crippen LogP contribution >= 0.6 is 11.8 Å². The van der Waals surface area contributed by atoms with Gasteiger partial charge in [0.25, 0.3) is 0 Å². The molecule has 0 aromatic heterocycles. The lowest BCUT2D eigenvalue weighted by Crippen LogP contribution is -2.15. The molecule has 0 aliphatic heterocycles. The molecule has 0 saturated carbocycles. The third-order valence-electron chi connectivity index (χ3n) is 2.65. The van der Waals surface area contributed by atoms with E-state index in [2.05, 4.69) is 0 Å². The number of hydrogen-bond donors (Lipinski definition) is 0. The topological polar surface area (TPSA) is 51.2 Å². The van der Waals surface area contributed by atoms with Crippen molar-refractivity contribution in [3.05, 3.63) is 58.5 Å². The minimum absolute atomic E-state index is 0.197. The lowest BCUT2D eigenvalue weighted by atomic mass is 9.96. The molecule has 0 heterocycles. The average molecular weight is 272 g/mol. The summed E-state index contributed by atoms with van der Waals surface area (Å²) in [6.45, 7) is 1.38. The summed E-state index contributed by atoms with van der Waals surface area (Å²) in [7, 11) is 0. The van der Waals surface area contributed by atoms with E-state index in [-0.39, 0.29) is 21.6 Å². The predicted molar refractivity (Wildman–Crippen MR) is 74.6 cm³/mol. The minimum Gasteiger partial charge on any atom is -0.290 e. The van der Waals surface area contributed by atoms with E-state index in [1.54, 1.807) is 0 Å². The summed E-state index contributed by atoms with van der Waals surface area (Å²) in [5.41, 5.74) is 1.34. The molecular weight excluding hydrogens is 260 g/mol. The maximum Gasteiger partial charge on any atom is 0.193 e. The van der Waals surface area contributed by atoms with Crippen molar-refractivity contribution in [3.63, 3.8) is 0 Å². The van der Waals surface area contributed by atoms with Gasteiger partial charge in [0, 0.05) is 18.9 Å². The molecule has 0 saturated heterocycles. The van der Waals surface area contributed by atoms with Crippen LogP contribution < -0.4 is 0 Å². The van der Waals surface area contributed by atoms with Crippen molar-refractivity contribution in [1.82, 2.24) is 0 Å². The molecule has 0 unspecified atom stereocenters. The van der Waals surface area contributed by atoms with Crippen molar-refractivity contribution in [2.24, 2.45) is 0 Å². The number of rotatable bonds is 3. The van der Waals surface area contributed by atoms with Gasteiger partial charge < -0.3 is 0 Å². The van der Waals surface area contributed by atoms with Crippen LogP contribution in [0.4, 0.5) is 0 Å². The summed E-state index contributed by atoms with van der Waals surface area (Å²) in [5.74, 6) is -0.474. The Hall–Kier alpha value is -1.94. The van der Waals surface area contributed by atoms with Crippen LogP contribution in [-0.2, 0) is 20.8 Å². The second-order valence-corrected chi connectivity index (χ2v) is 5.31. The van der Waals surface area contributed by atoms with E-state index in [1.807, 2.05) is 30.3 Å². The van der Waals surface area contributed by atoms with E-state index < -0.39 is 0 Å². The Morgan fingerprint density at radius 3 is 2.32 bits per heavy atom. The highest BCUT2D eigenvalue weighted by molar-refractivity contribution is 8.17. The molecule has 19 heavy (non-hydrogen) atoms. The van der Waals surface area contributed by atoms with E-state index in [0.29, 0.717) is 12.0 Å². The minimum atomic E-state index is -0.272. The monoisotopic (exact) mass is 272 g/mol. The second kappa shape index (κ2) is 5.80. The van der Waals surface area contributed by atoms with Crippen LogP contribution in [-0.4, -0.2) is 16.7 Å². The molecule has 1 aliphatic carbocycles.